The van der Waals surface area contributed by atoms with E-state index >= 15 is 0 Å². The lowest BCUT2D eigenvalue weighted by Gasteiger charge is -2.07. The highest BCUT2D eigenvalue weighted by Gasteiger charge is 1.98. The van der Waals surface area contributed by atoms with Gasteiger partial charge in [0.2, 0.25) is 0 Å². The third-order valence-electron chi connectivity index (χ3n) is 1.76. The topological polar surface area (TPSA) is 62.2 Å². The number of anilines is 1. The Kier molecular flexibility index (Phi) is 4.53. The molecule has 0 atom stereocenters. The molecule has 2 N–H and O–H groups in total. The Labute approximate surface area is 90.0 Å². The van der Waals surface area contributed by atoms with Gasteiger partial charge in [-0.05, 0) is 19.9 Å². The third-order valence-corrected chi connectivity index (χ3v) is 1.76. The average molecular weight is 207 g/mol. The molecule has 5 heteroatoms. The van der Waals surface area contributed by atoms with Crippen LogP contribution in [0.5, 0.6) is 0 Å². The molecule has 0 radical (unpaired) electrons. The molecule has 1 aromatic heterocycles. The van der Waals surface area contributed by atoms with Crippen LogP contribution in [-0.2, 0) is 0 Å². The molecule has 0 aromatic carbocycles. The molecule has 82 valence electrons. The Bertz CT molecular complexity index is 334. The minimum absolute atomic E-state index is 0.749. The SMILES string of the molecule is CCN/N=C(\CC)Nc1ccnc(C)n1. The average Bonchev–Trinajstić information content (AvgIpc) is 2.24. The van der Waals surface area contributed by atoms with Crippen LogP contribution in [0.25, 0.3) is 0 Å². The van der Waals surface area contributed by atoms with E-state index in [0.717, 1.165) is 30.4 Å². The van der Waals surface area contributed by atoms with Crippen LogP contribution in [0.1, 0.15) is 26.1 Å². The van der Waals surface area contributed by atoms with Crippen LogP contribution in [0, 0.1) is 6.92 Å². The number of aromatic nitrogens is 2. The van der Waals surface area contributed by atoms with Crippen LogP contribution in [0.15, 0.2) is 17.4 Å². The molecule has 0 fully saturated rings. The number of hydrogen-bond donors (Lipinski definition) is 2. The first-order chi connectivity index (χ1) is 7.26. The number of rotatable bonds is 4. The maximum absolute atomic E-state index is 4.24. The smallest absolute Gasteiger partial charge is 0.134 e. The number of hydrazone groups is 1. The molecule has 0 spiro atoms. The van der Waals surface area contributed by atoms with Gasteiger partial charge in [0.25, 0.3) is 0 Å². The van der Waals surface area contributed by atoms with Gasteiger partial charge in [-0.15, -0.1) is 0 Å². The van der Waals surface area contributed by atoms with E-state index in [1.165, 1.54) is 0 Å². The van der Waals surface area contributed by atoms with Crippen molar-refractivity contribution in [1.29, 1.82) is 0 Å². The van der Waals surface area contributed by atoms with Crippen molar-refractivity contribution >= 4 is 11.7 Å². The van der Waals surface area contributed by atoms with Crippen molar-refractivity contribution in [3.8, 4) is 0 Å². The summed E-state index contributed by atoms with van der Waals surface area (Å²) in [6, 6.07) is 1.82. The van der Waals surface area contributed by atoms with Gasteiger partial charge in [0, 0.05) is 19.2 Å². The van der Waals surface area contributed by atoms with Crippen molar-refractivity contribution in [3.63, 3.8) is 0 Å². The van der Waals surface area contributed by atoms with Gasteiger partial charge in [-0.3, -0.25) is 0 Å². The summed E-state index contributed by atoms with van der Waals surface area (Å²) in [7, 11) is 0. The Morgan fingerprint density at radius 1 is 1.47 bits per heavy atom. The van der Waals surface area contributed by atoms with E-state index in [4.69, 9.17) is 0 Å². The summed E-state index contributed by atoms with van der Waals surface area (Å²) in [4.78, 5) is 8.27. The molecule has 1 aromatic rings. The predicted octanol–water partition coefficient (Wildman–Crippen LogP) is 1.53. The Hall–Kier alpha value is -1.65. The maximum Gasteiger partial charge on any atom is 0.134 e. The van der Waals surface area contributed by atoms with Crippen molar-refractivity contribution < 1.29 is 0 Å². The zero-order chi connectivity index (χ0) is 11.1. The Morgan fingerprint density at radius 2 is 2.27 bits per heavy atom. The van der Waals surface area contributed by atoms with E-state index in [1.54, 1.807) is 6.20 Å². The van der Waals surface area contributed by atoms with Gasteiger partial charge in [0.05, 0.1) is 0 Å². The van der Waals surface area contributed by atoms with Crippen LogP contribution < -0.4 is 10.7 Å². The second-order valence-corrected chi connectivity index (χ2v) is 3.04. The van der Waals surface area contributed by atoms with Gasteiger partial charge >= 0.3 is 0 Å². The molecule has 0 bridgehead atoms. The van der Waals surface area contributed by atoms with Crippen LogP contribution in [0.4, 0.5) is 5.82 Å². The Balaban J connectivity index is 2.66. The first-order valence-electron chi connectivity index (χ1n) is 5.12. The molecule has 5 nitrogen and oxygen atoms in total. The normalized spacial score (nSPS) is 11.3. The lowest BCUT2D eigenvalue weighted by molar-refractivity contribution is 0.778. The third kappa shape index (κ3) is 3.93. The van der Waals surface area contributed by atoms with Gasteiger partial charge in [-0.25, -0.2) is 9.97 Å². The molecular weight excluding hydrogens is 190 g/mol. The lowest BCUT2D eigenvalue weighted by atomic mass is 10.4. The first kappa shape index (κ1) is 11.4. The minimum atomic E-state index is 0.749. The molecule has 0 aliphatic carbocycles. The highest BCUT2D eigenvalue weighted by atomic mass is 15.3. The van der Waals surface area contributed by atoms with Crippen LogP contribution in [-0.4, -0.2) is 22.3 Å². The number of hydrogen-bond acceptors (Lipinski definition) is 4. The zero-order valence-corrected chi connectivity index (χ0v) is 9.41. The first-order valence-corrected chi connectivity index (χ1v) is 5.12. The second-order valence-electron chi connectivity index (χ2n) is 3.04. The number of nitrogens with zero attached hydrogens (tertiary/aromatic N) is 3. The summed E-state index contributed by atoms with van der Waals surface area (Å²) in [6.07, 6.45) is 2.56. The molecule has 0 aliphatic heterocycles. The fourth-order valence-electron chi connectivity index (χ4n) is 1.04. The number of nitrogens with one attached hydrogen (secondary N) is 2. The van der Waals surface area contributed by atoms with Crippen molar-refractivity contribution in [3.05, 3.63) is 18.1 Å². The van der Waals surface area contributed by atoms with E-state index in [-0.39, 0.29) is 0 Å². The van der Waals surface area contributed by atoms with Crippen LogP contribution in [0.2, 0.25) is 0 Å². The largest absolute Gasteiger partial charge is 0.327 e. The molecular formula is C10H17N5. The standard InChI is InChI=1S/C10H17N5/c1-4-9(15-12-5-2)14-10-6-7-11-8(3)13-10/h6-7,12H,4-5H2,1-3H3,(H,11,13,14,15). The monoisotopic (exact) mass is 207 g/mol. The molecule has 0 unspecified atom stereocenters. The van der Waals surface area contributed by atoms with Crippen molar-refractivity contribution in [2.75, 3.05) is 11.9 Å². The quantitative estimate of drug-likeness (QED) is 0.446. The highest BCUT2D eigenvalue weighted by molar-refractivity contribution is 5.94. The zero-order valence-electron chi connectivity index (χ0n) is 9.41. The molecule has 1 rings (SSSR count). The second kappa shape index (κ2) is 5.95. The fraction of sp³-hybridized carbons (Fsp3) is 0.500. The van der Waals surface area contributed by atoms with Crippen molar-refractivity contribution in [2.24, 2.45) is 5.10 Å². The fourth-order valence-corrected chi connectivity index (χ4v) is 1.04. The van der Waals surface area contributed by atoms with Gasteiger partial charge in [0.1, 0.15) is 17.5 Å². The molecule has 1 heterocycles. The van der Waals surface area contributed by atoms with Crippen molar-refractivity contribution in [2.45, 2.75) is 27.2 Å². The molecule has 15 heavy (non-hydrogen) atoms. The molecule has 0 amide bonds. The van der Waals surface area contributed by atoms with Gasteiger partial charge in [0.15, 0.2) is 0 Å². The Morgan fingerprint density at radius 3 is 2.87 bits per heavy atom. The van der Waals surface area contributed by atoms with E-state index in [0.29, 0.717) is 0 Å². The molecule has 0 saturated heterocycles. The van der Waals surface area contributed by atoms with E-state index in [1.807, 2.05) is 26.8 Å². The summed E-state index contributed by atoms with van der Waals surface area (Å²) in [5.41, 5.74) is 2.92. The van der Waals surface area contributed by atoms with Crippen molar-refractivity contribution in [1.82, 2.24) is 15.4 Å². The van der Waals surface area contributed by atoms with Crippen LogP contribution in [0.3, 0.4) is 0 Å². The molecule has 0 aliphatic rings. The number of amidine groups is 1. The van der Waals surface area contributed by atoms with Gasteiger partial charge in [-0.2, -0.15) is 5.10 Å². The summed E-state index contributed by atoms with van der Waals surface area (Å²) in [6.45, 7) is 6.72. The van der Waals surface area contributed by atoms with Gasteiger partial charge in [-0.1, -0.05) is 6.92 Å². The summed E-state index contributed by atoms with van der Waals surface area (Å²) >= 11 is 0. The highest BCUT2D eigenvalue weighted by Crippen LogP contribution is 2.02. The van der Waals surface area contributed by atoms with E-state index in [9.17, 15) is 0 Å². The predicted molar refractivity (Wildman–Crippen MR) is 61.8 cm³/mol. The van der Waals surface area contributed by atoms with E-state index in [2.05, 4.69) is 25.8 Å². The van der Waals surface area contributed by atoms with Gasteiger partial charge < -0.3 is 10.7 Å². The van der Waals surface area contributed by atoms with Crippen LogP contribution >= 0.6 is 0 Å². The maximum atomic E-state index is 4.24. The summed E-state index contributed by atoms with van der Waals surface area (Å²) in [5.74, 6) is 2.40. The van der Waals surface area contributed by atoms with E-state index < -0.39 is 0 Å². The summed E-state index contributed by atoms with van der Waals surface area (Å²) in [5, 5.41) is 7.32. The summed E-state index contributed by atoms with van der Waals surface area (Å²) < 4.78 is 0. The lowest BCUT2D eigenvalue weighted by Crippen LogP contribution is -2.17. The minimum Gasteiger partial charge on any atom is -0.327 e. The molecule has 0 saturated carbocycles. The number of aryl methyl sites for hydroxylation is 1.